The molecule has 3 aromatic heterocycles. The van der Waals surface area contributed by atoms with Gasteiger partial charge < -0.3 is 4.57 Å². The first-order valence-corrected chi connectivity index (χ1v) is 9.25. The van der Waals surface area contributed by atoms with Gasteiger partial charge in [0.2, 0.25) is 0 Å². The molecule has 0 aliphatic rings. The van der Waals surface area contributed by atoms with Crippen LogP contribution in [0.2, 0.25) is 0 Å². The third kappa shape index (κ3) is 3.99. The number of aryl methyl sites for hydroxylation is 1. The fraction of sp³-hybridized carbons (Fsp3) is 0.130. The van der Waals surface area contributed by atoms with E-state index in [1.54, 1.807) is 29.4 Å². The van der Waals surface area contributed by atoms with E-state index < -0.39 is 0 Å². The lowest BCUT2D eigenvalue weighted by molar-refractivity contribution is 0.748. The average molecular weight is 381 g/mol. The van der Waals surface area contributed by atoms with Crippen LogP contribution in [0.25, 0.3) is 5.82 Å². The molecule has 6 nitrogen and oxygen atoms in total. The second-order valence-corrected chi connectivity index (χ2v) is 6.89. The predicted octanol–water partition coefficient (Wildman–Crippen LogP) is 3.25. The molecule has 4 rings (SSSR count). The van der Waals surface area contributed by atoms with E-state index in [-0.39, 0.29) is 5.56 Å². The first-order valence-electron chi connectivity index (χ1n) is 9.25. The molecule has 0 spiro atoms. The van der Waals surface area contributed by atoms with E-state index in [9.17, 15) is 4.79 Å². The van der Waals surface area contributed by atoms with Gasteiger partial charge in [-0.2, -0.15) is 5.26 Å². The van der Waals surface area contributed by atoms with Gasteiger partial charge in [-0.15, -0.1) is 0 Å². The fourth-order valence-electron chi connectivity index (χ4n) is 3.26. The van der Waals surface area contributed by atoms with E-state index in [1.165, 1.54) is 0 Å². The number of aromatic nitrogens is 4. The highest BCUT2D eigenvalue weighted by Gasteiger charge is 2.08. The third-order valence-electron chi connectivity index (χ3n) is 4.81. The first kappa shape index (κ1) is 18.4. The SMILES string of the molecule is Cc1cccnc1-n1ccc(Cn2cncc2Cc2ccc(C#N)cc2)cc1=O. The maximum absolute atomic E-state index is 12.6. The number of nitriles is 1. The van der Waals surface area contributed by atoms with Crippen LogP contribution in [0.1, 0.15) is 27.9 Å². The lowest BCUT2D eigenvalue weighted by Gasteiger charge is -2.11. The van der Waals surface area contributed by atoms with Gasteiger partial charge in [-0.25, -0.2) is 9.97 Å². The number of imidazole rings is 1. The van der Waals surface area contributed by atoms with Crippen LogP contribution >= 0.6 is 0 Å². The summed E-state index contributed by atoms with van der Waals surface area (Å²) in [6, 6.07) is 17.0. The van der Waals surface area contributed by atoms with Crippen LogP contribution in [0.15, 0.2) is 78.2 Å². The molecular formula is C23H19N5O. The van der Waals surface area contributed by atoms with Crippen molar-refractivity contribution in [2.75, 3.05) is 0 Å². The summed E-state index contributed by atoms with van der Waals surface area (Å²) >= 11 is 0. The van der Waals surface area contributed by atoms with Crippen LogP contribution in [-0.2, 0) is 13.0 Å². The van der Waals surface area contributed by atoms with E-state index in [0.717, 1.165) is 22.4 Å². The molecule has 0 amide bonds. The Bertz CT molecular complexity index is 1250. The van der Waals surface area contributed by atoms with E-state index in [0.29, 0.717) is 24.3 Å². The molecular weight excluding hydrogens is 362 g/mol. The Morgan fingerprint density at radius 1 is 1.10 bits per heavy atom. The molecule has 0 saturated carbocycles. The van der Waals surface area contributed by atoms with Crippen LogP contribution < -0.4 is 5.56 Å². The zero-order valence-corrected chi connectivity index (χ0v) is 16.0. The highest BCUT2D eigenvalue weighted by Crippen LogP contribution is 2.13. The van der Waals surface area contributed by atoms with Crippen LogP contribution in [0, 0.1) is 18.3 Å². The second-order valence-electron chi connectivity index (χ2n) is 6.89. The summed E-state index contributed by atoms with van der Waals surface area (Å²) in [5.74, 6) is 0.646. The second kappa shape index (κ2) is 7.95. The minimum Gasteiger partial charge on any atom is -0.330 e. The topological polar surface area (TPSA) is 76.5 Å². The van der Waals surface area contributed by atoms with Gasteiger partial charge >= 0.3 is 0 Å². The zero-order valence-electron chi connectivity index (χ0n) is 16.0. The molecule has 4 aromatic rings. The van der Waals surface area contributed by atoms with Crippen molar-refractivity contribution in [1.82, 2.24) is 19.1 Å². The summed E-state index contributed by atoms with van der Waals surface area (Å²) in [6.45, 7) is 2.49. The van der Waals surface area contributed by atoms with Crippen molar-refractivity contribution in [1.29, 1.82) is 5.26 Å². The van der Waals surface area contributed by atoms with Gasteiger partial charge in [0.1, 0.15) is 5.82 Å². The summed E-state index contributed by atoms with van der Waals surface area (Å²) in [5, 5.41) is 8.93. The number of nitrogens with zero attached hydrogens (tertiary/aromatic N) is 5. The molecule has 1 aromatic carbocycles. The fourth-order valence-corrected chi connectivity index (χ4v) is 3.26. The number of hydrogen-bond donors (Lipinski definition) is 0. The van der Waals surface area contributed by atoms with Crippen molar-refractivity contribution in [3.8, 4) is 11.9 Å². The van der Waals surface area contributed by atoms with Crippen LogP contribution in [0.5, 0.6) is 0 Å². The monoisotopic (exact) mass is 381 g/mol. The highest BCUT2D eigenvalue weighted by atomic mass is 16.1. The Labute approximate surface area is 168 Å². The smallest absolute Gasteiger partial charge is 0.256 e. The first-order chi connectivity index (χ1) is 14.1. The molecule has 0 saturated heterocycles. The minimum absolute atomic E-state index is 0.113. The van der Waals surface area contributed by atoms with Crippen LogP contribution in [0.3, 0.4) is 0 Å². The highest BCUT2D eigenvalue weighted by molar-refractivity contribution is 5.34. The molecule has 0 radical (unpaired) electrons. The Morgan fingerprint density at radius 2 is 1.93 bits per heavy atom. The summed E-state index contributed by atoms with van der Waals surface area (Å²) in [4.78, 5) is 21.2. The van der Waals surface area contributed by atoms with Gasteiger partial charge in [0.15, 0.2) is 0 Å². The largest absolute Gasteiger partial charge is 0.330 e. The van der Waals surface area contributed by atoms with Gasteiger partial charge in [-0.05, 0) is 47.9 Å². The lowest BCUT2D eigenvalue weighted by Crippen LogP contribution is -2.20. The Morgan fingerprint density at radius 3 is 2.66 bits per heavy atom. The number of hydrogen-bond acceptors (Lipinski definition) is 4. The Kier molecular flexibility index (Phi) is 5.04. The predicted molar refractivity (Wildman–Crippen MR) is 110 cm³/mol. The van der Waals surface area contributed by atoms with E-state index in [2.05, 4.69) is 16.0 Å². The van der Waals surface area contributed by atoms with Gasteiger partial charge in [-0.1, -0.05) is 18.2 Å². The van der Waals surface area contributed by atoms with E-state index in [1.807, 2.05) is 60.2 Å². The Hall–Kier alpha value is -3.98. The Balaban J connectivity index is 1.55. The summed E-state index contributed by atoms with van der Waals surface area (Å²) in [7, 11) is 0. The third-order valence-corrected chi connectivity index (χ3v) is 4.81. The van der Waals surface area contributed by atoms with Gasteiger partial charge in [0.25, 0.3) is 5.56 Å². The molecule has 0 N–H and O–H groups in total. The van der Waals surface area contributed by atoms with Gasteiger partial charge in [0, 0.05) is 43.3 Å². The van der Waals surface area contributed by atoms with Crippen LogP contribution in [0.4, 0.5) is 0 Å². The van der Waals surface area contributed by atoms with Crippen molar-refractivity contribution >= 4 is 0 Å². The van der Waals surface area contributed by atoms with Crippen molar-refractivity contribution in [3.63, 3.8) is 0 Å². The summed E-state index contributed by atoms with van der Waals surface area (Å²) in [5.41, 5.74) is 4.52. The lowest BCUT2D eigenvalue weighted by atomic mass is 10.1. The van der Waals surface area contributed by atoms with Gasteiger partial charge in [-0.3, -0.25) is 9.36 Å². The van der Waals surface area contributed by atoms with Crippen molar-refractivity contribution in [2.45, 2.75) is 19.9 Å². The number of rotatable bonds is 5. The molecule has 0 fully saturated rings. The summed E-state index contributed by atoms with van der Waals surface area (Å²) in [6.07, 6.45) is 7.76. The minimum atomic E-state index is -0.113. The molecule has 29 heavy (non-hydrogen) atoms. The molecule has 0 bridgehead atoms. The van der Waals surface area contributed by atoms with E-state index >= 15 is 0 Å². The number of pyridine rings is 2. The summed E-state index contributed by atoms with van der Waals surface area (Å²) < 4.78 is 3.59. The quantitative estimate of drug-likeness (QED) is 0.532. The van der Waals surface area contributed by atoms with Crippen LogP contribution in [-0.4, -0.2) is 19.1 Å². The molecule has 142 valence electrons. The van der Waals surface area contributed by atoms with Crippen molar-refractivity contribution in [2.24, 2.45) is 0 Å². The molecule has 0 unspecified atom stereocenters. The zero-order chi connectivity index (χ0) is 20.2. The number of benzene rings is 1. The van der Waals surface area contributed by atoms with Crippen molar-refractivity contribution < 1.29 is 0 Å². The molecule has 6 heteroatoms. The van der Waals surface area contributed by atoms with Gasteiger partial charge in [0.05, 0.1) is 18.0 Å². The molecule has 3 heterocycles. The standard InChI is InChI=1S/C23H19N5O/c1-17-3-2-9-26-23(17)28-10-8-20(12-22(28)29)15-27-16-25-14-21(27)11-18-4-6-19(13-24)7-5-18/h2-10,12,14,16H,11,15H2,1H3. The maximum atomic E-state index is 12.6. The van der Waals surface area contributed by atoms with E-state index in [4.69, 9.17) is 5.26 Å². The average Bonchev–Trinajstić information content (AvgIpc) is 3.16. The maximum Gasteiger partial charge on any atom is 0.256 e. The molecule has 0 aliphatic carbocycles. The molecule has 0 atom stereocenters. The molecule has 0 aliphatic heterocycles. The normalized spacial score (nSPS) is 10.6. The van der Waals surface area contributed by atoms with Crippen molar-refractivity contribution in [3.05, 3.63) is 112 Å².